The van der Waals surface area contributed by atoms with Crippen LogP contribution in [0, 0.1) is 5.41 Å². The molecule has 0 bridgehead atoms. The number of rotatable bonds is 1. The molecule has 0 radical (unpaired) electrons. The van der Waals surface area contributed by atoms with Gasteiger partial charge in [0.25, 0.3) is 0 Å². The maximum atomic E-state index is 13.3. The molecule has 1 aromatic rings. The van der Waals surface area contributed by atoms with E-state index in [-0.39, 0.29) is 12.4 Å². The molecular weight excluding hydrogens is 276 g/mol. The molecule has 1 aromatic carbocycles. The molecule has 3 N–H and O–H groups in total. The molecular formula is C12H12Cl2FN3. The summed E-state index contributed by atoms with van der Waals surface area (Å²) in [6.07, 6.45) is 1.22. The Hall–Kier alpha value is -1.10. The number of halogens is 3. The Bertz CT molecular complexity index is 484. The lowest BCUT2D eigenvalue weighted by atomic mass is 10.1. The first-order valence-electron chi connectivity index (χ1n) is 5.38. The van der Waals surface area contributed by atoms with Crippen LogP contribution in [-0.2, 0) is 0 Å². The molecule has 96 valence electrons. The van der Waals surface area contributed by atoms with E-state index < -0.39 is 12.3 Å². The topological polar surface area (TPSA) is 53.1 Å². The second-order valence-corrected chi connectivity index (χ2v) is 4.80. The molecule has 0 aliphatic carbocycles. The molecule has 1 heterocycles. The third kappa shape index (κ3) is 2.51. The summed E-state index contributed by atoms with van der Waals surface area (Å²) >= 11 is 12.0. The minimum Gasteiger partial charge on any atom is -0.334 e. The van der Waals surface area contributed by atoms with Gasteiger partial charge in [-0.25, -0.2) is 4.39 Å². The number of nitrogens with two attached hydrogens (primary N) is 1. The summed E-state index contributed by atoms with van der Waals surface area (Å²) in [5.41, 5.74) is 6.20. The third-order valence-electron chi connectivity index (χ3n) is 2.73. The highest BCUT2D eigenvalue weighted by Crippen LogP contribution is 2.27. The van der Waals surface area contributed by atoms with Crippen molar-refractivity contribution in [2.75, 3.05) is 6.54 Å². The quantitative estimate of drug-likeness (QED) is 0.474. The first kappa shape index (κ1) is 13.3. The van der Waals surface area contributed by atoms with Crippen molar-refractivity contribution in [3.63, 3.8) is 0 Å². The van der Waals surface area contributed by atoms with E-state index in [4.69, 9.17) is 34.3 Å². The van der Waals surface area contributed by atoms with Crippen LogP contribution in [0.4, 0.5) is 4.39 Å². The van der Waals surface area contributed by atoms with E-state index in [1.165, 1.54) is 17.1 Å². The number of benzene rings is 1. The van der Waals surface area contributed by atoms with Crippen molar-refractivity contribution in [2.24, 2.45) is 5.73 Å². The molecule has 1 aliphatic heterocycles. The Morgan fingerprint density at radius 3 is 2.56 bits per heavy atom. The SMILES string of the molecule is N=C(c1c(Cl)cccc1Cl)N1CC(F)C=CC1N. The Morgan fingerprint density at radius 2 is 1.94 bits per heavy atom. The van der Waals surface area contributed by atoms with Gasteiger partial charge in [0.05, 0.1) is 28.3 Å². The van der Waals surface area contributed by atoms with Crippen LogP contribution in [0.25, 0.3) is 0 Å². The van der Waals surface area contributed by atoms with E-state index in [9.17, 15) is 4.39 Å². The highest BCUT2D eigenvalue weighted by Gasteiger charge is 2.26. The van der Waals surface area contributed by atoms with E-state index in [1.54, 1.807) is 18.2 Å². The molecule has 0 spiro atoms. The predicted octanol–water partition coefficient (Wildman–Crippen LogP) is 2.81. The van der Waals surface area contributed by atoms with Gasteiger partial charge in [0.1, 0.15) is 12.0 Å². The van der Waals surface area contributed by atoms with Crippen LogP contribution in [0.3, 0.4) is 0 Å². The number of hydrogen-bond acceptors (Lipinski definition) is 2. The lowest BCUT2D eigenvalue weighted by molar-refractivity contribution is 0.255. The zero-order valence-corrected chi connectivity index (χ0v) is 10.9. The van der Waals surface area contributed by atoms with Gasteiger partial charge >= 0.3 is 0 Å². The van der Waals surface area contributed by atoms with Crippen molar-refractivity contribution < 1.29 is 4.39 Å². The molecule has 18 heavy (non-hydrogen) atoms. The van der Waals surface area contributed by atoms with Gasteiger partial charge in [-0.1, -0.05) is 29.3 Å². The van der Waals surface area contributed by atoms with Crippen molar-refractivity contribution in [3.8, 4) is 0 Å². The highest BCUT2D eigenvalue weighted by molar-refractivity contribution is 6.39. The third-order valence-corrected chi connectivity index (χ3v) is 3.36. The minimum absolute atomic E-state index is 0.0258. The maximum Gasteiger partial charge on any atom is 0.136 e. The van der Waals surface area contributed by atoms with Gasteiger partial charge in [-0.3, -0.25) is 5.41 Å². The lowest BCUT2D eigenvalue weighted by Crippen LogP contribution is -2.49. The van der Waals surface area contributed by atoms with Gasteiger partial charge < -0.3 is 10.6 Å². The van der Waals surface area contributed by atoms with Crippen LogP contribution in [0.5, 0.6) is 0 Å². The Balaban J connectivity index is 2.34. The van der Waals surface area contributed by atoms with Crippen molar-refractivity contribution >= 4 is 29.0 Å². The van der Waals surface area contributed by atoms with Crippen molar-refractivity contribution in [1.82, 2.24) is 4.90 Å². The van der Waals surface area contributed by atoms with E-state index in [2.05, 4.69) is 0 Å². The van der Waals surface area contributed by atoms with Crippen LogP contribution >= 0.6 is 23.2 Å². The van der Waals surface area contributed by atoms with Crippen molar-refractivity contribution in [3.05, 3.63) is 46.0 Å². The summed E-state index contributed by atoms with van der Waals surface area (Å²) in [7, 11) is 0. The van der Waals surface area contributed by atoms with Gasteiger partial charge in [0, 0.05) is 0 Å². The monoisotopic (exact) mass is 287 g/mol. The average Bonchev–Trinajstić information content (AvgIpc) is 2.32. The predicted molar refractivity (Wildman–Crippen MR) is 72.0 cm³/mol. The van der Waals surface area contributed by atoms with Crippen LogP contribution in [0.15, 0.2) is 30.4 Å². The number of hydrogen-bond donors (Lipinski definition) is 2. The Kier molecular flexibility index (Phi) is 3.90. The zero-order valence-electron chi connectivity index (χ0n) is 9.41. The first-order valence-corrected chi connectivity index (χ1v) is 6.14. The largest absolute Gasteiger partial charge is 0.334 e. The van der Waals surface area contributed by atoms with E-state index in [0.29, 0.717) is 15.6 Å². The molecule has 3 nitrogen and oxygen atoms in total. The molecule has 1 aliphatic rings. The summed E-state index contributed by atoms with van der Waals surface area (Å²) in [5, 5.41) is 8.81. The summed E-state index contributed by atoms with van der Waals surface area (Å²) in [5.74, 6) is 0.0325. The molecule has 2 atom stereocenters. The van der Waals surface area contributed by atoms with E-state index >= 15 is 0 Å². The summed E-state index contributed by atoms with van der Waals surface area (Å²) in [6, 6.07) is 4.96. The van der Waals surface area contributed by atoms with Crippen molar-refractivity contribution in [2.45, 2.75) is 12.3 Å². The van der Waals surface area contributed by atoms with Gasteiger partial charge in [-0.15, -0.1) is 0 Å². The van der Waals surface area contributed by atoms with Gasteiger partial charge in [-0.05, 0) is 24.3 Å². The fourth-order valence-electron chi connectivity index (χ4n) is 1.82. The summed E-state index contributed by atoms with van der Waals surface area (Å²) in [6.45, 7) is 0.0258. The summed E-state index contributed by atoms with van der Waals surface area (Å²) in [4.78, 5) is 1.43. The fraction of sp³-hybridized carbons (Fsp3) is 0.250. The molecule has 6 heteroatoms. The van der Waals surface area contributed by atoms with Gasteiger partial charge in [-0.2, -0.15) is 0 Å². The number of nitrogens with zero attached hydrogens (tertiary/aromatic N) is 1. The average molecular weight is 288 g/mol. The smallest absolute Gasteiger partial charge is 0.136 e. The molecule has 2 unspecified atom stereocenters. The second kappa shape index (κ2) is 5.26. The van der Waals surface area contributed by atoms with Gasteiger partial charge in [0.15, 0.2) is 0 Å². The molecule has 0 aromatic heterocycles. The molecule has 0 saturated carbocycles. The molecule has 0 fully saturated rings. The van der Waals surface area contributed by atoms with E-state index in [1.807, 2.05) is 0 Å². The molecule has 0 saturated heterocycles. The fourth-order valence-corrected chi connectivity index (χ4v) is 2.39. The van der Waals surface area contributed by atoms with Gasteiger partial charge in [0.2, 0.25) is 0 Å². The maximum absolute atomic E-state index is 13.3. The zero-order chi connectivity index (χ0) is 13.3. The van der Waals surface area contributed by atoms with Crippen LogP contribution in [0.1, 0.15) is 5.56 Å². The highest BCUT2D eigenvalue weighted by atomic mass is 35.5. The number of amidine groups is 1. The van der Waals surface area contributed by atoms with Crippen LogP contribution in [0.2, 0.25) is 10.0 Å². The molecule has 0 amide bonds. The Labute approximate surface area is 114 Å². The normalized spacial score (nSPS) is 23.2. The second-order valence-electron chi connectivity index (χ2n) is 3.99. The van der Waals surface area contributed by atoms with Crippen molar-refractivity contribution in [1.29, 1.82) is 5.41 Å². The lowest BCUT2D eigenvalue weighted by Gasteiger charge is -2.33. The summed E-state index contributed by atoms with van der Waals surface area (Å²) < 4.78 is 13.3. The van der Waals surface area contributed by atoms with Crippen LogP contribution in [-0.4, -0.2) is 29.6 Å². The Morgan fingerprint density at radius 1 is 1.33 bits per heavy atom. The van der Waals surface area contributed by atoms with E-state index in [0.717, 1.165) is 0 Å². The van der Waals surface area contributed by atoms with Crippen LogP contribution < -0.4 is 5.73 Å². The number of nitrogens with one attached hydrogen (secondary N) is 1. The minimum atomic E-state index is -1.15. The molecule has 2 rings (SSSR count). The number of alkyl halides is 1. The first-order chi connectivity index (χ1) is 8.50. The standard InChI is InChI=1S/C12H12Cl2FN3/c13-8-2-1-3-9(14)11(8)12(17)18-6-7(15)4-5-10(18)16/h1-5,7,10,17H,6,16H2.